The number of amidine groups is 1. The van der Waals surface area contributed by atoms with Crippen LogP contribution in [0.2, 0.25) is 5.02 Å². The van der Waals surface area contributed by atoms with Crippen LogP contribution in [0.4, 0.5) is 5.69 Å². The normalized spacial score (nSPS) is 18.7. The minimum Gasteiger partial charge on any atom is -0.335 e. The summed E-state index contributed by atoms with van der Waals surface area (Å²) >= 11 is 7.56. The van der Waals surface area contributed by atoms with Crippen LogP contribution >= 0.6 is 23.4 Å². The minimum absolute atomic E-state index is 0.0550. The van der Waals surface area contributed by atoms with E-state index in [0.717, 1.165) is 21.6 Å². The highest BCUT2D eigenvalue weighted by molar-refractivity contribution is 8.14. The maximum Gasteiger partial charge on any atom is 0.161 e. The third kappa shape index (κ3) is 2.89. The van der Waals surface area contributed by atoms with Crippen LogP contribution in [0, 0.1) is 0 Å². The molecule has 0 fully saturated rings. The summed E-state index contributed by atoms with van der Waals surface area (Å²) in [7, 11) is 0. The van der Waals surface area contributed by atoms with E-state index >= 15 is 0 Å². The molecule has 0 amide bonds. The maximum atomic E-state index is 5.81. The van der Waals surface area contributed by atoms with Gasteiger partial charge in [0.05, 0.1) is 5.54 Å². The van der Waals surface area contributed by atoms with Gasteiger partial charge in [0.1, 0.15) is 0 Å². The Kier molecular flexibility index (Phi) is 2.94. The molecule has 80 valence electrons. The number of rotatable bonds is 1. The van der Waals surface area contributed by atoms with Crippen LogP contribution in [0.5, 0.6) is 0 Å². The van der Waals surface area contributed by atoms with E-state index in [1.165, 1.54) is 0 Å². The smallest absolute Gasteiger partial charge is 0.161 e. The Morgan fingerprint density at radius 2 is 2.00 bits per heavy atom. The molecular weight excluding hydrogens is 228 g/mol. The molecule has 1 aliphatic heterocycles. The summed E-state index contributed by atoms with van der Waals surface area (Å²) < 4.78 is 0. The summed E-state index contributed by atoms with van der Waals surface area (Å²) in [6, 6.07) is 7.65. The Hall–Kier alpha value is -0.670. The van der Waals surface area contributed by atoms with E-state index in [1.54, 1.807) is 11.8 Å². The molecule has 1 N–H and O–H groups in total. The van der Waals surface area contributed by atoms with Crippen LogP contribution in [0.1, 0.15) is 13.8 Å². The first kappa shape index (κ1) is 10.8. The molecule has 1 aromatic carbocycles. The Labute approximate surface area is 99.1 Å². The molecule has 0 radical (unpaired) electrons. The van der Waals surface area contributed by atoms with Gasteiger partial charge in [0.25, 0.3) is 0 Å². The lowest BCUT2D eigenvalue weighted by Gasteiger charge is -2.09. The Bertz CT molecular complexity index is 384. The van der Waals surface area contributed by atoms with E-state index in [1.807, 2.05) is 24.3 Å². The highest BCUT2D eigenvalue weighted by Gasteiger charge is 2.25. The van der Waals surface area contributed by atoms with E-state index in [9.17, 15) is 0 Å². The first-order valence-corrected chi connectivity index (χ1v) is 6.17. The van der Waals surface area contributed by atoms with Crippen LogP contribution in [0.15, 0.2) is 29.3 Å². The number of halogens is 1. The standard InChI is InChI=1S/C11H13ClN2S/c1-11(2)7-15-10(14-11)13-9-5-3-8(12)4-6-9/h3-6H,7H2,1-2H3,(H,13,14). The summed E-state index contributed by atoms with van der Waals surface area (Å²) in [5.74, 6) is 1.03. The lowest BCUT2D eigenvalue weighted by Crippen LogP contribution is -2.15. The minimum atomic E-state index is 0.0550. The molecule has 2 nitrogen and oxygen atoms in total. The first-order chi connectivity index (χ1) is 7.05. The predicted octanol–water partition coefficient (Wildman–Crippen LogP) is 3.63. The highest BCUT2D eigenvalue weighted by Crippen LogP contribution is 2.27. The van der Waals surface area contributed by atoms with Crippen LogP contribution in [0.25, 0.3) is 0 Å². The molecule has 0 saturated carbocycles. The molecule has 0 aromatic heterocycles. The average molecular weight is 241 g/mol. The Balaban J connectivity index is 2.07. The van der Waals surface area contributed by atoms with Crippen molar-refractivity contribution in [3.05, 3.63) is 29.3 Å². The van der Waals surface area contributed by atoms with Gasteiger partial charge in [-0.3, -0.25) is 4.99 Å². The van der Waals surface area contributed by atoms with Crippen molar-refractivity contribution in [2.45, 2.75) is 19.4 Å². The zero-order valence-corrected chi connectivity index (χ0v) is 10.3. The third-order valence-electron chi connectivity index (χ3n) is 2.06. The summed E-state index contributed by atoms with van der Waals surface area (Å²) in [6.45, 7) is 4.27. The summed E-state index contributed by atoms with van der Waals surface area (Å²) in [4.78, 5) is 4.57. The topological polar surface area (TPSA) is 24.4 Å². The predicted molar refractivity (Wildman–Crippen MR) is 69.0 cm³/mol. The zero-order chi connectivity index (χ0) is 10.9. The number of nitrogens with one attached hydrogen (secondary N) is 1. The third-order valence-corrected chi connectivity index (χ3v) is 3.63. The second-order valence-electron chi connectivity index (χ2n) is 4.15. The number of benzene rings is 1. The number of nitrogens with zero attached hydrogens (tertiary/aromatic N) is 1. The van der Waals surface area contributed by atoms with Crippen molar-refractivity contribution in [2.24, 2.45) is 4.99 Å². The van der Waals surface area contributed by atoms with Crippen LogP contribution in [-0.2, 0) is 0 Å². The highest BCUT2D eigenvalue weighted by atomic mass is 35.5. The Morgan fingerprint density at radius 3 is 2.53 bits per heavy atom. The fraction of sp³-hybridized carbons (Fsp3) is 0.364. The van der Waals surface area contributed by atoms with Gasteiger partial charge in [-0.2, -0.15) is 0 Å². The van der Waals surface area contributed by atoms with Crippen molar-refractivity contribution in [1.82, 2.24) is 0 Å². The first-order valence-electron chi connectivity index (χ1n) is 4.80. The van der Waals surface area contributed by atoms with E-state index in [2.05, 4.69) is 24.2 Å². The second-order valence-corrected chi connectivity index (χ2v) is 5.55. The Morgan fingerprint density at radius 1 is 1.33 bits per heavy atom. The summed E-state index contributed by atoms with van der Waals surface area (Å²) in [6.07, 6.45) is 0. The molecule has 0 spiro atoms. The molecule has 1 heterocycles. The number of anilines is 1. The van der Waals surface area contributed by atoms with Gasteiger partial charge in [-0.05, 0) is 38.1 Å². The fourth-order valence-electron chi connectivity index (χ4n) is 1.31. The molecule has 2 rings (SSSR count). The molecule has 15 heavy (non-hydrogen) atoms. The molecule has 0 saturated heterocycles. The van der Waals surface area contributed by atoms with E-state index in [0.29, 0.717) is 0 Å². The largest absolute Gasteiger partial charge is 0.335 e. The van der Waals surface area contributed by atoms with Gasteiger partial charge in [-0.25, -0.2) is 0 Å². The molecule has 1 aliphatic rings. The lowest BCUT2D eigenvalue weighted by atomic mass is 10.1. The summed E-state index contributed by atoms with van der Waals surface area (Å²) in [5, 5.41) is 5.02. The molecule has 0 unspecified atom stereocenters. The van der Waals surface area contributed by atoms with Crippen molar-refractivity contribution >= 4 is 34.2 Å². The van der Waals surface area contributed by atoms with E-state index < -0.39 is 0 Å². The van der Waals surface area contributed by atoms with E-state index in [-0.39, 0.29) is 5.54 Å². The maximum absolute atomic E-state index is 5.81. The summed E-state index contributed by atoms with van der Waals surface area (Å²) in [5.41, 5.74) is 1.09. The molecule has 0 bridgehead atoms. The fourth-order valence-corrected chi connectivity index (χ4v) is 2.49. The number of aliphatic imine (C=N–C) groups is 1. The SMILES string of the molecule is CC1(C)CSC(Nc2ccc(Cl)cc2)=N1. The number of hydrogen-bond donors (Lipinski definition) is 1. The van der Waals surface area contributed by atoms with Crippen molar-refractivity contribution in [1.29, 1.82) is 0 Å². The second kappa shape index (κ2) is 4.06. The van der Waals surface area contributed by atoms with Gasteiger partial charge in [0.15, 0.2) is 5.17 Å². The van der Waals surface area contributed by atoms with Crippen molar-refractivity contribution in [2.75, 3.05) is 11.1 Å². The zero-order valence-electron chi connectivity index (χ0n) is 8.75. The molecule has 4 heteroatoms. The molecular formula is C11H13ClN2S. The monoisotopic (exact) mass is 240 g/mol. The van der Waals surface area contributed by atoms with Crippen LogP contribution in [0.3, 0.4) is 0 Å². The van der Waals surface area contributed by atoms with Crippen molar-refractivity contribution < 1.29 is 0 Å². The van der Waals surface area contributed by atoms with Crippen LogP contribution < -0.4 is 5.32 Å². The van der Waals surface area contributed by atoms with Crippen LogP contribution in [-0.4, -0.2) is 16.5 Å². The lowest BCUT2D eigenvalue weighted by molar-refractivity contribution is 0.605. The van der Waals surface area contributed by atoms with Gasteiger partial charge in [0, 0.05) is 16.5 Å². The number of thioether (sulfide) groups is 1. The van der Waals surface area contributed by atoms with E-state index in [4.69, 9.17) is 11.6 Å². The van der Waals surface area contributed by atoms with Gasteiger partial charge in [-0.1, -0.05) is 23.4 Å². The molecule has 1 aromatic rings. The quantitative estimate of drug-likeness (QED) is 0.811. The molecule has 0 aliphatic carbocycles. The van der Waals surface area contributed by atoms with Gasteiger partial charge < -0.3 is 5.32 Å². The van der Waals surface area contributed by atoms with Crippen molar-refractivity contribution in [3.63, 3.8) is 0 Å². The van der Waals surface area contributed by atoms with Crippen molar-refractivity contribution in [3.8, 4) is 0 Å². The van der Waals surface area contributed by atoms with Gasteiger partial charge in [0.2, 0.25) is 0 Å². The van der Waals surface area contributed by atoms with Gasteiger partial charge in [-0.15, -0.1) is 0 Å². The molecule has 0 atom stereocenters. The van der Waals surface area contributed by atoms with Gasteiger partial charge >= 0.3 is 0 Å². The number of hydrogen-bond acceptors (Lipinski definition) is 3. The average Bonchev–Trinajstić information content (AvgIpc) is 2.50.